The van der Waals surface area contributed by atoms with Crippen LogP contribution in [0.15, 0.2) is 18.2 Å². The fourth-order valence-corrected chi connectivity index (χ4v) is 2.72. The van der Waals surface area contributed by atoms with Gasteiger partial charge in [0.25, 0.3) is 0 Å². The summed E-state index contributed by atoms with van der Waals surface area (Å²) in [5.74, 6) is 0.748. The lowest BCUT2D eigenvalue weighted by atomic mass is 10.2. The van der Waals surface area contributed by atoms with Crippen molar-refractivity contribution in [2.75, 3.05) is 51.7 Å². The number of halogens is 1. The molecular weight excluding hydrogens is 314 g/mol. The van der Waals surface area contributed by atoms with Crippen molar-refractivity contribution in [2.24, 2.45) is 0 Å². The van der Waals surface area contributed by atoms with Crippen LogP contribution in [0.5, 0.6) is 5.75 Å². The van der Waals surface area contributed by atoms with Gasteiger partial charge in [-0.25, -0.2) is 0 Å². The normalized spacial score (nSPS) is 15.8. The van der Waals surface area contributed by atoms with Gasteiger partial charge in [0.15, 0.2) is 0 Å². The standard InChI is InChI=1S/C17H27N3O2.ClH/c1-4-19-9-11-20(12-10-19)8-7-17(21)18-15-13-14(2)5-6-16(15)22-3;/h5-6,13H,4,7-12H2,1-3H3,(H,18,21);1H. The highest BCUT2D eigenvalue weighted by Crippen LogP contribution is 2.25. The van der Waals surface area contributed by atoms with Crippen LogP contribution in [0.25, 0.3) is 0 Å². The van der Waals surface area contributed by atoms with Crippen LogP contribution < -0.4 is 10.1 Å². The Balaban J connectivity index is 0.00000264. The van der Waals surface area contributed by atoms with Crippen LogP contribution in [-0.2, 0) is 4.79 Å². The highest BCUT2D eigenvalue weighted by molar-refractivity contribution is 5.92. The average Bonchev–Trinajstić information content (AvgIpc) is 2.53. The van der Waals surface area contributed by atoms with Crippen molar-refractivity contribution in [1.82, 2.24) is 9.80 Å². The van der Waals surface area contributed by atoms with Crippen molar-refractivity contribution in [3.05, 3.63) is 23.8 Å². The maximum atomic E-state index is 12.2. The molecule has 130 valence electrons. The van der Waals surface area contributed by atoms with Gasteiger partial charge in [0.2, 0.25) is 5.91 Å². The fraction of sp³-hybridized carbons (Fsp3) is 0.588. The molecule has 1 aromatic carbocycles. The summed E-state index contributed by atoms with van der Waals surface area (Å²) in [5, 5.41) is 2.96. The van der Waals surface area contributed by atoms with Crippen LogP contribution in [0.1, 0.15) is 18.9 Å². The third-order valence-electron chi connectivity index (χ3n) is 4.20. The number of aryl methyl sites for hydroxylation is 1. The number of piperazine rings is 1. The molecule has 2 rings (SSSR count). The Morgan fingerprint density at radius 1 is 1.22 bits per heavy atom. The van der Waals surface area contributed by atoms with Crippen molar-refractivity contribution >= 4 is 24.0 Å². The fourth-order valence-electron chi connectivity index (χ4n) is 2.72. The van der Waals surface area contributed by atoms with E-state index in [1.807, 2.05) is 25.1 Å². The minimum absolute atomic E-state index is 0. The molecule has 1 fully saturated rings. The van der Waals surface area contributed by atoms with Gasteiger partial charge in [-0.3, -0.25) is 4.79 Å². The Labute approximate surface area is 145 Å². The number of rotatable bonds is 6. The third-order valence-corrected chi connectivity index (χ3v) is 4.20. The third kappa shape index (κ3) is 6.01. The van der Waals surface area contributed by atoms with Gasteiger partial charge < -0.3 is 19.9 Å². The summed E-state index contributed by atoms with van der Waals surface area (Å²) < 4.78 is 5.29. The van der Waals surface area contributed by atoms with Gasteiger partial charge >= 0.3 is 0 Å². The highest BCUT2D eigenvalue weighted by Gasteiger charge is 2.16. The molecule has 0 radical (unpaired) electrons. The number of amides is 1. The topological polar surface area (TPSA) is 44.8 Å². The smallest absolute Gasteiger partial charge is 0.225 e. The Morgan fingerprint density at radius 3 is 2.48 bits per heavy atom. The van der Waals surface area contributed by atoms with E-state index in [4.69, 9.17) is 4.74 Å². The maximum absolute atomic E-state index is 12.2. The van der Waals surface area contributed by atoms with E-state index in [2.05, 4.69) is 22.0 Å². The lowest BCUT2D eigenvalue weighted by molar-refractivity contribution is -0.116. The predicted octanol–water partition coefficient (Wildman–Crippen LogP) is 2.39. The number of benzene rings is 1. The van der Waals surface area contributed by atoms with Gasteiger partial charge in [0, 0.05) is 39.1 Å². The number of carbonyl (C=O) groups excluding carboxylic acids is 1. The van der Waals surface area contributed by atoms with E-state index >= 15 is 0 Å². The van der Waals surface area contributed by atoms with Gasteiger partial charge in [-0.15, -0.1) is 12.4 Å². The highest BCUT2D eigenvalue weighted by atomic mass is 35.5. The van der Waals surface area contributed by atoms with Crippen LogP contribution in [0.3, 0.4) is 0 Å². The second-order valence-electron chi connectivity index (χ2n) is 5.78. The van der Waals surface area contributed by atoms with Gasteiger partial charge in [-0.1, -0.05) is 13.0 Å². The number of hydrogen-bond donors (Lipinski definition) is 1. The summed E-state index contributed by atoms with van der Waals surface area (Å²) in [4.78, 5) is 17.0. The molecule has 1 aromatic rings. The summed E-state index contributed by atoms with van der Waals surface area (Å²) in [5.41, 5.74) is 1.86. The number of anilines is 1. The van der Waals surface area contributed by atoms with Gasteiger partial charge in [-0.2, -0.15) is 0 Å². The molecule has 0 aliphatic carbocycles. The monoisotopic (exact) mass is 341 g/mol. The second kappa shape index (κ2) is 9.75. The number of carbonyl (C=O) groups is 1. The molecule has 1 heterocycles. The Hall–Kier alpha value is -1.30. The molecule has 23 heavy (non-hydrogen) atoms. The summed E-state index contributed by atoms with van der Waals surface area (Å²) in [6.45, 7) is 10.4. The van der Waals surface area contributed by atoms with Crippen molar-refractivity contribution in [1.29, 1.82) is 0 Å². The van der Waals surface area contributed by atoms with E-state index in [1.54, 1.807) is 7.11 Å². The van der Waals surface area contributed by atoms with Crippen molar-refractivity contribution < 1.29 is 9.53 Å². The van der Waals surface area contributed by atoms with E-state index in [0.717, 1.165) is 50.5 Å². The van der Waals surface area contributed by atoms with Crippen LogP contribution in [0.4, 0.5) is 5.69 Å². The van der Waals surface area contributed by atoms with Crippen LogP contribution >= 0.6 is 12.4 Å². The van der Waals surface area contributed by atoms with Gasteiger partial charge in [0.05, 0.1) is 12.8 Å². The van der Waals surface area contributed by atoms with Gasteiger partial charge in [0.1, 0.15) is 5.75 Å². The van der Waals surface area contributed by atoms with Crippen molar-refractivity contribution in [3.63, 3.8) is 0 Å². The Morgan fingerprint density at radius 2 is 1.87 bits per heavy atom. The zero-order valence-electron chi connectivity index (χ0n) is 14.3. The van der Waals surface area contributed by atoms with E-state index in [-0.39, 0.29) is 18.3 Å². The van der Waals surface area contributed by atoms with Crippen molar-refractivity contribution in [3.8, 4) is 5.75 Å². The minimum Gasteiger partial charge on any atom is -0.495 e. The molecule has 0 bridgehead atoms. The largest absolute Gasteiger partial charge is 0.495 e. The van der Waals surface area contributed by atoms with E-state index in [9.17, 15) is 4.79 Å². The molecule has 5 nitrogen and oxygen atoms in total. The van der Waals surface area contributed by atoms with E-state index in [1.165, 1.54) is 0 Å². The van der Waals surface area contributed by atoms with E-state index < -0.39 is 0 Å². The second-order valence-corrected chi connectivity index (χ2v) is 5.78. The first-order valence-corrected chi connectivity index (χ1v) is 8.01. The SMILES string of the molecule is CCN1CCN(CCC(=O)Nc2cc(C)ccc2OC)CC1.Cl. The molecule has 0 unspecified atom stereocenters. The molecule has 1 aliphatic rings. The summed E-state index contributed by atoms with van der Waals surface area (Å²) in [7, 11) is 1.62. The molecule has 0 aromatic heterocycles. The number of hydrogen-bond acceptors (Lipinski definition) is 4. The summed E-state index contributed by atoms with van der Waals surface area (Å²) in [6.07, 6.45) is 0.517. The zero-order valence-corrected chi connectivity index (χ0v) is 15.1. The number of methoxy groups -OCH3 is 1. The Bertz CT molecular complexity index is 503. The lowest BCUT2D eigenvalue weighted by Gasteiger charge is -2.33. The molecule has 0 atom stereocenters. The molecule has 1 aliphatic heterocycles. The predicted molar refractivity (Wildman–Crippen MR) is 96.8 cm³/mol. The van der Waals surface area contributed by atoms with Crippen LogP contribution in [-0.4, -0.2) is 62.1 Å². The van der Waals surface area contributed by atoms with E-state index in [0.29, 0.717) is 12.2 Å². The van der Waals surface area contributed by atoms with Crippen LogP contribution in [0.2, 0.25) is 0 Å². The summed E-state index contributed by atoms with van der Waals surface area (Å²) >= 11 is 0. The molecule has 0 saturated carbocycles. The summed E-state index contributed by atoms with van der Waals surface area (Å²) in [6, 6.07) is 5.80. The molecule has 1 saturated heterocycles. The minimum atomic E-state index is 0. The van der Waals surface area contributed by atoms with Crippen molar-refractivity contribution in [2.45, 2.75) is 20.3 Å². The van der Waals surface area contributed by atoms with Gasteiger partial charge in [-0.05, 0) is 31.2 Å². The quantitative estimate of drug-likeness (QED) is 0.863. The molecule has 0 spiro atoms. The maximum Gasteiger partial charge on any atom is 0.225 e. The molecule has 6 heteroatoms. The number of nitrogens with zero attached hydrogens (tertiary/aromatic N) is 2. The lowest BCUT2D eigenvalue weighted by Crippen LogP contribution is -2.46. The Kier molecular flexibility index (Phi) is 8.37. The zero-order chi connectivity index (χ0) is 15.9. The van der Waals surface area contributed by atoms with Crippen LogP contribution in [0, 0.1) is 6.92 Å². The number of nitrogens with one attached hydrogen (secondary N) is 1. The molecular formula is C17H28ClN3O2. The first kappa shape index (κ1) is 19.7. The first-order chi connectivity index (χ1) is 10.6. The first-order valence-electron chi connectivity index (χ1n) is 8.01. The average molecular weight is 342 g/mol. The molecule has 1 amide bonds. The molecule has 1 N–H and O–H groups in total. The number of likely N-dealkylation sites (N-methyl/N-ethyl adjacent to an activating group) is 1. The number of ether oxygens (including phenoxy) is 1.